The Morgan fingerprint density at radius 3 is 2.88 bits per heavy atom. The lowest BCUT2D eigenvalue weighted by molar-refractivity contribution is 0.427. The Morgan fingerprint density at radius 1 is 1.29 bits per heavy atom. The summed E-state index contributed by atoms with van der Waals surface area (Å²) in [5, 5.41) is 12.6. The molecule has 0 aliphatic rings. The van der Waals surface area contributed by atoms with Crippen molar-refractivity contribution in [2.45, 2.75) is 13.5 Å². The van der Waals surface area contributed by atoms with E-state index in [1.807, 2.05) is 19.1 Å². The van der Waals surface area contributed by atoms with E-state index in [1.165, 1.54) is 6.07 Å². The third-order valence-corrected chi connectivity index (χ3v) is 2.55. The van der Waals surface area contributed by atoms with E-state index in [0.717, 1.165) is 11.4 Å². The molecule has 0 bridgehead atoms. The second-order valence-electron chi connectivity index (χ2n) is 3.74. The molecule has 4 heteroatoms. The van der Waals surface area contributed by atoms with Crippen LogP contribution in [-0.2, 0) is 6.54 Å². The summed E-state index contributed by atoms with van der Waals surface area (Å²) in [6, 6.07) is 8.19. The van der Waals surface area contributed by atoms with Gasteiger partial charge in [0.1, 0.15) is 0 Å². The minimum Gasteiger partial charge on any atom is -0.505 e. The molecule has 0 spiro atoms. The predicted octanol–water partition coefficient (Wildman–Crippen LogP) is 2.85. The Kier molecular flexibility index (Phi) is 3.23. The molecule has 1 heterocycles. The van der Waals surface area contributed by atoms with Crippen LogP contribution in [0.4, 0.5) is 10.1 Å². The highest BCUT2D eigenvalue weighted by atomic mass is 19.1. The first-order valence-electron chi connectivity index (χ1n) is 5.30. The zero-order valence-electron chi connectivity index (χ0n) is 9.44. The summed E-state index contributed by atoms with van der Waals surface area (Å²) < 4.78 is 13.1. The van der Waals surface area contributed by atoms with E-state index in [0.29, 0.717) is 12.1 Å². The molecule has 0 aliphatic heterocycles. The SMILES string of the molecule is Cc1ncccc1NCc1cccc(F)c1O. The third kappa shape index (κ3) is 2.53. The molecule has 0 fully saturated rings. The van der Waals surface area contributed by atoms with Crippen molar-refractivity contribution in [1.82, 2.24) is 4.98 Å². The van der Waals surface area contributed by atoms with Gasteiger partial charge in [-0.1, -0.05) is 12.1 Å². The van der Waals surface area contributed by atoms with Crippen molar-refractivity contribution < 1.29 is 9.50 Å². The van der Waals surface area contributed by atoms with Crippen LogP contribution in [0.2, 0.25) is 0 Å². The van der Waals surface area contributed by atoms with Crippen molar-refractivity contribution >= 4 is 5.69 Å². The van der Waals surface area contributed by atoms with Gasteiger partial charge in [0.15, 0.2) is 11.6 Å². The summed E-state index contributed by atoms with van der Waals surface area (Å²) in [5.74, 6) is -0.909. The highest BCUT2D eigenvalue weighted by Gasteiger charge is 2.06. The fourth-order valence-electron chi connectivity index (χ4n) is 1.56. The van der Waals surface area contributed by atoms with E-state index in [4.69, 9.17) is 0 Å². The van der Waals surface area contributed by atoms with Crippen molar-refractivity contribution in [3.05, 3.63) is 53.6 Å². The first-order valence-corrected chi connectivity index (χ1v) is 5.30. The summed E-state index contributed by atoms with van der Waals surface area (Å²) in [4.78, 5) is 4.13. The van der Waals surface area contributed by atoms with Crippen LogP contribution in [0.1, 0.15) is 11.3 Å². The summed E-state index contributed by atoms with van der Waals surface area (Å²) in [6.45, 7) is 2.24. The van der Waals surface area contributed by atoms with Crippen LogP contribution in [0.15, 0.2) is 36.5 Å². The van der Waals surface area contributed by atoms with Crippen molar-refractivity contribution in [2.24, 2.45) is 0 Å². The fourth-order valence-corrected chi connectivity index (χ4v) is 1.56. The number of aryl methyl sites for hydroxylation is 1. The number of anilines is 1. The number of para-hydroxylation sites is 1. The number of hydrogen-bond acceptors (Lipinski definition) is 3. The number of pyridine rings is 1. The molecule has 0 atom stereocenters. The van der Waals surface area contributed by atoms with E-state index >= 15 is 0 Å². The van der Waals surface area contributed by atoms with Crippen LogP contribution >= 0.6 is 0 Å². The van der Waals surface area contributed by atoms with Gasteiger partial charge in [-0.25, -0.2) is 4.39 Å². The van der Waals surface area contributed by atoms with Crippen LogP contribution < -0.4 is 5.32 Å². The maximum Gasteiger partial charge on any atom is 0.165 e. The van der Waals surface area contributed by atoms with Gasteiger partial charge in [-0.15, -0.1) is 0 Å². The zero-order valence-corrected chi connectivity index (χ0v) is 9.44. The van der Waals surface area contributed by atoms with Gasteiger partial charge in [-0.2, -0.15) is 0 Å². The topological polar surface area (TPSA) is 45.2 Å². The first-order chi connectivity index (χ1) is 8.18. The van der Waals surface area contributed by atoms with Gasteiger partial charge in [-0.05, 0) is 25.1 Å². The highest BCUT2D eigenvalue weighted by Crippen LogP contribution is 2.22. The lowest BCUT2D eigenvalue weighted by atomic mass is 10.2. The first kappa shape index (κ1) is 11.4. The average Bonchev–Trinajstić information content (AvgIpc) is 2.33. The summed E-state index contributed by atoms with van der Waals surface area (Å²) in [6.07, 6.45) is 1.71. The van der Waals surface area contributed by atoms with E-state index in [9.17, 15) is 9.50 Å². The standard InChI is InChI=1S/C13H13FN2O/c1-9-12(6-3-7-15-9)16-8-10-4-2-5-11(14)13(10)17/h2-7,16-17H,8H2,1H3. The quantitative estimate of drug-likeness (QED) is 0.855. The molecule has 2 N–H and O–H groups in total. The Labute approximate surface area is 98.9 Å². The summed E-state index contributed by atoms with van der Waals surface area (Å²) >= 11 is 0. The number of rotatable bonds is 3. The molecule has 0 unspecified atom stereocenters. The monoisotopic (exact) mass is 232 g/mol. The van der Waals surface area contributed by atoms with E-state index in [-0.39, 0.29) is 5.75 Å². The van der Waals surface area contributed by atoms with Gasteiger partial charge in [0, 0.05) is 18.3 Å². The number of phenols is 1. The molecule has 0 saturated carbocycles. The van der Waals surface area contributed by atoms with Gasteiger partial charge in [0.2, 0.25) is 0 Å². The smallest absolute Gasteiger partial charge is 0.165 e. The molecule has 0 aliphatic carbocycles. The number of nitrogens with one attached hydrogen (secondary N) is 1. The largest absolute Gasteiger partial charge is 0.505 e. The van der Waals surface area contributed by atoms with Gasteiger partial charge in [-0.3, -0.25) is 4.98 Å². The van der Waals surface area contributed by atoms with Gasteiger partial charge in [0.25, 0.3) is 0 Å². The second-order valence-corrected chi connectivity index (χ2v) is 3.74. The maximum atomic E-state index is 13.1. The molecule has 3 nitrogen and oxygen atoms in total. The average molecular weight is 232 g/mol. The van der Waals surface area contributed by atoms with Gasteiger partial charge in [0.05, 0.1) is 11.4 Å². The highest BCUT2D eigenvalue weighted by molar-refractivity contribution is 5.48. The molecule has 88 valence electrons. The molecule has 0 amide bonds. The normalized spacial score (nSPS) is 10.2. The number of aromatic hydroxyl groups is 1. The Balaban J connectivity index is 2.13. The summed E-state index contributed by atoms with van der Waals surface area (Å²) in [5.41, 5.74) is 2.26. The van der Waals surface area contributed by atoms with Crippen LogP contribution in [0.5, 0.6) is 5.75 Å². The Morgan fingerprint density at radius 2 is 2.12 bits per heavy atom. The van der Waals surface area contributed by atoms with Crippen molar-refractivity contribution in [3.63, 3.8) is 0 Å². The van der Waals surface area contributed by atoms with Crippen molar-refractivity contribution in [1.29, 1.82) is 0 Å². The van der Waals surface area contributed by atoms with Crippen LogP contribution in [0, 0.1) is 12.7 Å². The number of nitrogens with zero attached hydrogens (tertiary/aromatic N) is 1. The van der Waals surface area contributed by atoms with E-state index in [2.05, 4.69) is 10.3 Å². The number of benzene rings is 1. The molecule has 0 radical (unpaired) electrons. The minimum absolute atomic E-state index is 0.304. The Hall–Kier alpha value is -2.10. The van der Waals surface area contributed by atoms with E-state index in [1.54, 1.807) is 18.3 Å². The molecule has 1 aromatic carbocycles. The fraction of sp³-hybridized carbons (Fsp3) is 0.154. The number of phenolic OH excluding ortho intramolecular Hbond substituents is 1. The summed E-state index contributed by atoms with van der Waals surface area (Å²) in [7, 11) is 0. The van der Waals surface area contributed by atoms with Gasteiger partial charge < -0.3 is 10.4 Å². The molecular formula is C13H13FN2O. The predicted molar refractivity (Wildman–Crippen MR) is 64.4 cm³/mol. The second kappa shape index (κ2) is 4.82. The van der Waals surface area contributed by atoms with Crippen LogP contribution in [0.3, 0.4) is 0 Å². The molecule has 17 heavy (non-hydrogen) atoms. The molecule has 2 rings (SSSR count). The lowest BCUT2D eigenvalue weighted by Gasteiger charge is -2.10. The molecular weight excluding hydrogens is 219 g/mol. The van der Waals surface area contributed by atoms with Crippen LogP contribution in [-0.4, -0.2) is 10.1 Å². The molecule has 1 aromatic heterocycles. The minimum atomic E-state index is -0.604. The van der Waals surface area contributed by atoms with Crippen LogP contribution in [0.25, 0.3) is 0 Å². The van der Waals surface area contributed by atoms with Crippen molar-refractivity contribution in [3.8, 4) is 5.75 Å². The number of hydrogen-bond donors (Lipinski definition) is 2. The third-order valence-electron chi connectivity index (χ3n) is 2.55. The molecule has 0 saturated heterocycles. The molecule has 2 aromatic rings. The van der Waals surface area contributed by atoms with Crippen molar-refractivity contribution in [2.75, 3.05) is 5.32 Å². The maximum absolute atomic E-state index is 13.1. The van der Waals surface area contributed by atoms with E-state index < -0.39 is 5.82 Å². The van der Waals surface area contributed by atoms with Gasteiger partial charge >= 0.3 is 0 Å². The lowest BCUT2D eigenvalue weighted by Crippen LogP contribution is -2.02. The zero-order chi connectivity index (χ0) is 12.3. The number of halogens is 1. The Bertz CT molecular complexity index is 529. The number of aromatic nitrogens is 1.